The van der Waals surface area contributed by atoms with Crippen molar-refractivity contribution >= 4 is 11.9 Å². The van der Waals surface area contributed by atoms with Crippen molar-refractivity contribution in [2.75, 3.05) is 57.8 Å². The van der Waals surface area contributed by atoms with Crippen molar-refractivity contribution in [2.45, 2.75) is 12.5 Å². The third kappa shape index (κ3) is 5.14. The summed E-state index contributed by atoms with van der Waals surface area (Å²) in [4.78, 5) is 17.7. The molecule has 8 heteroatoms. The number of guanidine groups is 1. The van der Waals surface area contributed by atoms with Gasteiger partial charge >= 0.3 is 0 Å². The van der Waals surface area contributed by atoms with Gasteiger partial charge in [-0.3, -0.25) is 9.89 Å². The topological polar surface area (TPSA) is 77.9 Å². The van der Waals surface area contributed by atoms with Crippen molar-refractivity contribution in [3.8, 4) is 5.75 Å². The summed E-state index contributed by atoms with van der Waals surface area (Å²) < 4.78 is 5.98. The standard InChI is InChI=1S/C21H29N7O/c1-22-20(26-16-18-15-17-5-2-3-6-19(17)29-18)23-9-10-27-11-13-28(14-12-27)21-24-7-4-8-25-21/h2-8,18H,9-16H2,1H3,(H2,22,23,26). The molecule has 1 fully saturated rings. The smallest absolute Gasteiger partial charge is 0.225 e. The van der Waals surface area contributed by atoms with Crippen molar-refractivity contribution in [1.82, 2.24) is 25.5 Å². The monoisotopic (exact) mass is 395 g/mol. The van der Waals surface area contributed by atoms with Crippen LogP contribution in [0.3, 0.4) is 0 Å². The average molecular weight is 396 g/mol. The number of benzene rings is 1. The van der Waals surface area contributed by atoms with E-state index in [4.69, 9.17) is 4.74 Å². The minimum absolute atomic E-state index is 0.152. The number of fused-ring (bicyclic) bond motifs is 1. The minimum Gasteiger partial charge on any atom is -0.488 e. The summed E-state index contributed by atoms with van der Waals surface area (Å²) in [5.74, 6) is 2.65. The lowest BCUT2D eigenvalue weighted by Crippen LogP contribution is -2.50. The Bertz CT molecular complexity index is 781. The molecule has 154 valence electrons. The Morgan fingerprint density at radius 2 is 1.90 bits per heavy atom. The van der Waals surface area contributed by atoms with Crippen LogP contribution in [0.1, 0.15) is 5.56 Å². The molecular weight excluding hydrogens is 366 g/mol. The van der Waals surface area contributed by atoms with E-state index in [0.29, 0.717) is 0 Å². The van der Waals surface area contributed by atoms with Crippen LogP contribution < -0.4 is 20.3 Å². The first-order valence-electron chi connectivity index (χ1n) is 10.3. The van der Waals surface area contributed by atoms with Crippen molar-refractivity contribution in [3.05, 3.63) is 48.3 Å². The molecule has 0 bridgehead atoms. The predicted octanol–water partition coefficient (Wildman–Crippen LogP) is 0.767. The lowest BCUT2D eigenvalue weighted by atomic mass is 10.1. The summed E-state index contributed by atoms with van der Waals surface area (Å²) in [6.45, 7) is 6.51. The summed E-state index contributed by atoms with van der Waals surface area (Å²) in [6, 6.07) is 10.1. The minimum atomic E-state index is 0.152. The molecule has 1 aromatic carbocycles. The predicted molar refractivity (Wildman–Crippen MR) is 115 cm³/mol. The van der Waals surface area contributed by atoms with Crippen LogP contribution in [0.5, 0.6) is 5.75 Å². The number of nitrogens with zero attached hydrogens (tertiary/aromatic N) is 5. The first-order chi connectivity index (χ1) is 14.3. The number of aromatic nitrogens is 2. The van der Waals surface area contributed by atoms with Gasteiger partial charge in [-0.05, 0) is 17.7 Å². The number of piperazine rings is 1. The molecule has 2 aliphatic heterocycles. The highest BCUT2D eigenvalue weighted by molar-refractivity contribution is 5.79. The number of anilines is 1. The van der Waals surface area contributed by atoms with Gasteiger partial charge in [-0.2, -0.15) is 0 Å². The molecule has 0 saturated carbocycles. The third-order valence-corrected chi connectivity index (χ3v) is 5.36. The summed E-state index contributed by atoms with van der Waals surface area (Å²) in [5.41, 5.74) is 1.28. The average Bonchev–Trinajstić information content (AvgIpc) is 3.20. The van der Waals surface area contributed by atoms with E-state index in [-0.39, 0.29) is 6.10 Å². The molecule has 1 aromatic heterocycles. The van der Waals surface area contributed by atoms with Crippen molar-refractivity contribution in [2.24, 2.45) is 4.99 Å². The highest BCUT2D eigenvalue weighted by Crippen LogP contribution is 2.27. The molecule has 8 nitrogen and oxygen atoms in total. The van der Waals surface area contributed by atoms with Crippen molar-refractivity contribution < 1.29 is 4.74 Å². The fraction of sp³-hybridized carbons (Fsp3) is 0.476. The SMILES string of the molecule is CN=C(NCCN1CCN(c2ncccn2)CC1)NCC1Cc2ccccc2O1. The lowest BCUT2D eigenvalue weighted by Gasteiger charge is -2.34. The van der Waals surface area contributed by atoms with Gasteiger partial charge in [0.05, 0.1) is 6.54 Å². The van der Waals surface area contributed by atoms with Crippen LogP contribution in [0.4, 0.5) is 5.95 Å². The van der Waals surface area contributed by atoms with Gasteiger partial charge in [-0.1, -0.05) is 18.2 Å². The molecule has 2 aromatic rings. The first-order valence-corrected chi connectivity index (χ1v) is 10.3. The Hall–Kier alpha value is -2.87. The molecule has 29 heavy (non-hydrogen) atoms. The Morgan fingerprint density at radius 3 is 2.66 bits per heavy atom. The van der Waals surface area contributed by atoms with E-state index in [2.05, 4.69) is 47.5 Å². The van der Waals surface area contributed by atoms with Gasteiger partial charge in [0.25, 0.3) is 0 Å². The fourth-order valence-corrected chi connectivity index (χ4v) is 3.76. The number of para-hydroxylation sites is 1. The van der Waals surface area contributed by atoms with Crippen LogP contribution in [-0.2, 0) is 6.42 Å². The van der Waals surface area contributed by atoms with E-state index < -0.39 is 0 Å². The molecule has 4 rings (SSSR count). The molecular formula is C21H29N7O. The molecule has 1 saturated heterocycles. The molecule has 0 spiro atoms. The summed E-state index contributed by atoms with van der Waals surface area (Å²) in [6.07, 6.45) is 4.69. The molecule has 0 amide bonds. The van der Waals surface area contributed by atoms with Gasteiger partial charge < -0.3 is 20.3 Å². The Balaban J connectivity index is 1.13. The fourth-order valence-electron chi connectivity index (χ4n) is 3.76. The number of ether oxygens (including phenoxy) is 1. The van der Waals surface area contributed by atoms with Crippen LogP contribution >= 0.6 is 0 Å². The third-order valence-electron chi connectivity index (χ3n) is 5.36. The second-order valence-corrected chi connectivity index (χ2v) is 7.31. The van der Waals surface area contributed by atoms with Crippen LogP contribution in [0.15, 0.2) is 47.7 Å². The van der Waals surface area contributed by atoms with Gasteiger partial charge in [0, 0.05) is 65.1 Å². The molecule has 1 atom stereocenters. The lowest BCUT2D eigenvalue weighted by molar-refractivity contribution is 0.234. The summed E-state index contributed by atoms with van der Waals surface area (Å²) >= 11 is 0. The second-order valence-electron chi connectivity index (χ2n) is 7.31. The van der Waals surface area contributed by atoms with Gasteiger partial charge in [-0.25, -0.2) is 9.97 Å². The van der Waals surface area contributed by atoms with Crippen LogP contribution in [0.2, 0.25) is 0 Å². The molecule has 3 heterocycles. The number of hydrogen-bond donors (Lipinski definition) is 2. The number of nitrogens with one attached hydrogen (secondary N) is 2. The largest absolute Gasteiger partial charge is 0.488 e. The van der Waals surface area contributed by atoms with E-state index in [0.717, 1.165) is 69.9 Å². The molecule has 2 aliphatic rings. The highest BCUT2D eigenvalue weighted by atomic mass is 16.5. The van der Waals surface area contributed by atoms with E-state index >= 15 is 0 Å². The van der Waals surface area contributed by atoms with E-state index in [1.54, 1.807) is 19.4 Å². The van der Waals surface area contributed by atoms with Crippen molar-refractivity contribution in [3.63, 3.8) is 0 Å². The molecule has 2 N–H and O–H groups in total. The van der Waals surface area contributed by atoms with E-state index in [1.807, 2.05) is 18.2 Å². The highest BCUT2D eigenvalue weighted by Gasteiger charge is 2.22. The Kier molecular flexibility index (Phi) is 6.41. The van der Waals surface area contributed by atoms with Crippen LogP contribution in [0.25, 0.3) is 0 Å². The summed E-state index contributed by atoms with van der Waals surface area (Å²) in [7, 11) is 1.80. The van der Waals surface area contributed by atoms with Gasteiger partial charge in [0.15, 0.2) is 5.96 Å². The second kappa shape index (κ2) is 9.56. The normalized spacial score (nSPS) is 19.6. The van der Waals surface area contributed by atoms with Gasteiger partial charge in [-0.15, -0.1) is 0 Å². The maximum Gasteiger partial charge on any atom is 0.225 e. The Morgan fingerprint density at radius 1 is 1.10 bits per heavy atom. The number of aliphatic imine (C=N–C) groups is 1. The zero-order chi connectivity index (χ0) is 19.9. The quantitative estimate of drug-likeness (QED) is 0.552. The van der Waals surface area contributed by atoms with Crippen LogP contribution in [-0.4, -0.2) is 79.8 Å². The first kappa shape index (κ1) is 19.4. The Labute approximate surface area is 172 Å². The number of hydrogen-bond acceptors (Lipinski definition) is 6. The van der Waals surface area contributed by atoms with E-state index in [9.17, 15) is 0 Å². The molecule has 0 aliphatic carbocycles. The maximum atomic E-state index is 5.98. The number of rotatable bonds is 6. The molecule has 1 unspecified atom stereocenters. The summed E-state index contributed by atoms with van der Waals surface area (Å²) in [5, 5.41) is 6.79. The molecule has 0 radical (unpaired) electrons. The van der Waals surface area contributed by atoms with Gasteiger partial charge in [0.2, 0.25) is 5.95 Å². The van der Waals surface area contributed by atoms with Crippen LogP contribution in [0, 0.1) is 0 Å². The zero-order valence-corrected chi connectivity index (χ0v) is 16.9. The maximum absolute atomic E-state index is 5.98. The van der Waals surface area contributed by atoms with Gasteiger partial charge in [0.1, 0.15) is 11.9 Å². The van der Waals surface area contributed by atoms with E-state index in [1.165, 1.54) is 5.56 Å². The van der Waals surface area contributed by atoms with Crippen molar-refractivity contribution in [1.29, 1.82) is 0 Å². The zero-order valence-electron chi connectivity index (χ0n) is 16.9.